The first-order valence-corrected chi connectivity index (χ1v) is 9.00. The Morgan fingerprint density at radius 2 is 1.75 bits per heavy atom. The molecule has 1 heterocycles. The molecule has 6 nitrogen and oxygen atoms in total. The lowest BCUT2D eigenvalue weighted by atomic mass is 10.1. The van der Waals surface area contributed by atoms with Gasteiger partial charge in [0.1, 0.15) is 5.25 Å². The Labute approximate surface area is 162 Å². The maximum Gasteiger partial charge on any atom is 0.453 e. The molecular weight excluding hydrogens is 391 g/mol. The standard InChI is InChI=1S/C18H16F3N5OS/c1-11-7-9-13(10-8-11)23-15(27)14(12-5-3-2-4-6-12)28-17-25-24-16(26(17)22)18(19,20)21/h2-10,14H,22H2,1H3,(H,23,27)/t14-/m1/s1. The van der Waals surface area contributed by atoms with E-state index in [0.29, 0.717) is 15.9 Å². The Balaban J connectivity index is 1.89. The number of nitrogen functional groups attached to an aromatic ring is 1. The van der Waals surface area contributed by atoms with Gasteiger partial charge in [0.05, 0.1) is 0 Å². The summed E-state index contributed by atoms with van der Waals surface area (Å²) < 4.78 is 39.1. The smallest absolute Gasteiger partial charge is 0.335 e. The molecule has 146 valence electrons. The third-order valence-corrected chi connectivity index (χ3v) is 5.01. The molecule has 0 bridgehead atoms. The summed E-state index contributed by atoms with van der Waals surface area (Å²) in [6, 6.07) is 15.8. The highest BCUT2D eigenvalue weighted by molar-refractivity contribution is 8.00. The zero-order valence-corrected chi connectivity index (χ0v) is 15.5. The number of nitrogens with one attached hydrogen (secondary N) is 1. The van der Waals surface area contributed by atoms with Gasteiger partial charge in [-0.25, -0.2) is 4.68 Å². The van der Waals surface area contributed by atoms with Crippen LogP contribution in [-0.4, -0.2) is 20.8 Å². The number of hydrogen-bond donors (Lipinski definition) is 2. The number of alkyl halides is 3. The van der Waals surface area contributed by atoms with E-state index < -0.39 is 23.2 Å². The third-order valence-electron chi connectivity index (χ3n) is 3.80. The van der Waals surface area contributed by atoms with E-state index in [-0.39, 0.29) is 5.16 Å². The van der Waals surface area contributed by atoms with Crippen molar-refractivity contribution < 1.29 is 18.0 Å². The Hall–Kier alpha value is -3.01. The van der Waals surface area contributed by atoms with E-state index in [1.54, 1.807) is 42.5 Å². The van der Waals surface area contributed by atoms with Crippen LogP contribution >= 0.6 is 11.8 Å². The number of benzene rings is 2. The molecule has 2 aromatic carbocycles. The van der Waals surface area contributed by atoms with Gasteiger partial charge in [-0.3, -0.25) is 4.79 Å². The number of carbonyl (C=O) groups excluding carboxylic acids is 1. The van der Waals surface area contributed by atoms with Crippen molar-refractivity contribution in [1.29, 1.82) is 0 Å². The Kier molecular flexibility index (Phi) is 5.59. The van der Waals surface area contributed by atoms with Gasteiger partial charge in [0.15, 0.2) is 0 Å². The highest BCUT2D eigenvalue weighted by Crippen LogP contribution is 2.37. The molecule has 0 unspecified atom stereocenters. The van der Waals surface area contributed by atoms with Crippen LogP contribution in [0.3, 0.4) is 0 Å². The molecule has 0 radical (unpaired) electrons. The van der Waals surface area contributed by atoms with Crippen molar-refractivity contribution in [2.75, 3.05) is 11.2 Å². The summed E-state index contributed by atoms with van der Waals surface area (Å²) in [5.41, 5.74) is 2.19. The van der Waals surface area contributed by atoms with Crippen LogP contribution in [0.5, 0.6) is 0 Å². The largest absolute Gasteiger partial charge is 0.453 e. The van der Waals surface area contributed by atoms with Crippen molar-refractivity contribution in [1.82, 2.24) is 14.9 Å². The average Bonchev–Trinajstić information content (AvgIpc) is 3.03. The first kappa shape index (κ1) is 19.7. The second-order valence-corrected chi connectivity index (χ2v) is 7.01. The number of hydrogen-bond acceptors (Lipinski definition) is 5. The summed E-state index contributed by atoms with van der Waals surface area (Å²) in [5, 5.41) is 8.26. The summed E-state index contributed by atoms with van der Waals surface area (Å²) in [7, 11) is 0. The topological polar surface area (TPSA) is 85.8 Å². The molecule has 0 aliphatic carbocycles. The summed E-state index contributed by atoms with van der Waals surface area (Å²) >= 11 is 0.788. The first-order valence-electron chi connectivity index (χ1n) is 8.12. The zero-order chi connectivity index (χ0) is 20.3. The fourth-order valence-electron chi connectivity index (χ4n) is 2.40. The van der Waals surface area contributed by atoms with Crippen LogP contribution in [-0.2, 0) is 11.0 Å². The first-order chi connectivity index (χ1) is 13.3. The van der Waals surface area contributed by atoms with Crippen LogP contribution in [0, 0.1) is 6.92 Å². The molecule has 3 aromatic rings. The number of halogens is 3. The molecule has 10 heteroatoms. The van der Waals surface area contributed by atoms with Gasteiger partial charge in [-0.2, -0.15) is 13.2 Å². The van der Waals surface area contributed by atoms with E-state index in [2.05, 4.69) is 15.5 Å². The minimum absolute atomic E-state index is 0.222. The van der Waals surface area contributed by atoms with Gasteiger partial charge >= 0.3 is 6.18 Å². The van der Waals surface area contributed by atoms with Crippen LogP contribution in [0.15, 0.2) is 59.8 Å². The van der Waals surface area contributed by atoms with Crippen LogP contribution in [0.25, 0.3) is 0 Å². The summed E-state index contributed by atoms with van der Waals surface area (Å²) in [4.78, 5) is 12.9. The lowest BCUT2D eigenvalue weighted by molar-refractivity contribution is -0.146. The summed E-state index contributed by atoms with van der Waals surface area (Å²) in [6.45, 7) is 1.92. The molecule has 3 rings (SSSR count). The van der Waals surface area contributed by atoms with Gasteiger partial charge in [0.25, 0.3) is 5.82 Å². The number of thioether (sulfide) groups is 1. The van der Waals surface area contributed by atoms with Gasteiger partial charge in [0.2, 0.25) is 11.1 Å². The van der Waals surface area contributed by atoms with Crippen molar-refractivity contribution in [2.45, 2.75) is 23.5 Å². The Morgan fingerprint density at radius 3 is 2.32 bits per heavy atom. The van der Waals surface area contributed by atoms with Crippen LogP contribution in [0.4, 0.5) is 18.9 Å². The molecular formula is C18H16F3N5OS. The van der Waals surface area contributed by atoms with Gasteiger partial charge in [0, 0.05) is 5.69 Å². The quantitative estimate of drug-likeness (QED) is 0.496. The number of aryl methyl sites for hydroxylation is 1. The van der Waals surface area contributed by atoms with Gasteiger partial charge < -0.3 is 11.2 Å². The lowest BCUT2D eigenvalue weighted by Crippen LogP contribution is -2.23. The zero-order valence-electron chi connectivity index (χ0n) is 14.6. The molecule has 0 spiro atoms. The highest BCUT2D eigenvalue weighted by Gasteiger charge is 2.39. The fraction of sp³-hybridized carbons (Fsp3) is 0.167. The van der Waals surface area contributed by atoms with E-state index >= 15 is 0 Å². The number of aromatic nitrogens is 3. The van der Waals surface area contributed by atoms with E-state index in [0.717, 1.165) is 17.3 Å². The Bertz CT molecular complexity index is 958. The van der Waals surface area contributed by atoms with Gasteiger partial charge in [-0.05, 0) is 24.6 Å². The van der Waals surface area contributed by atoms with E-state index in [9.17, 15) is 18.0 Å². The van der Waals surface area contributed by atoms with E-state index in [1.807, 2.05) is 19.1 Å². The number of amides is 1. The SMILES string of the molecule is Cc1ccc(NC(=O)[C@H](Sc2nnc(C(F)(F)F)n2N)c2ccccc2)cc1. The molecule has 0 fully saturated rings. The lowest BCUT2D eigenvalue weighted by Gasteiger charge is -2.16. The molecule has 1 amide bonds. The molecule has 0 saturated carbocycles. The minimum Gasteiger partial charge on any atom is -0.335 e. The molecule has 0 aliphatic rings. The molecule has 1 atom stereocenters. The highest BCUT2D eigenvalue weighted by atomic mass is 32.2. The normalized spacial score (nSPS) is 12.6. The Morgan fingerprint density at radius 1 is 1.11 bits per heavy atom. The van der Waals surface area contributed by atoms with Crippen molar-refractivity contribution in [3.8, 4) is 0 Å². The molecule has 3 N–H and O–H groups in total. The molecule has 0 aliphatic heterocycles. The number of carbonyl (C=O) groups is 1. The van der Waals surface area contributed by atoms with Gasteiger partial charge in [-0.1, -0.05) is 59.8 Å². The van der Waals surface area contributed by atoms with Crippen molar-refractivity contribution in [3.05, 3.63) is 71.5 Å². The maximum absolute atomic E-state index is 12.9. The van der Waals surface area contributed by atoms with Crippen molar-refractivity contribution >= 4 is 23.4 Å². The van der Waals surface area contributed by atoms with E-state index in [1.165, 1.54) is 0 Å². The number of rotatable bonds is 5. The molecule has 28 heavy (non-hydrogen) atoms. The number of anilines is 1. The van der Waals surface area contributed by atoms with Crippen LogP contribution in [0.2, 0.25) is 0 Å². The van der Waals surface area contributed by atoms with E-state index in [4.69, 9.17) is 5.84 Å². The number of nitrogens with zero attached hydrogens (tertiary/aromatic N) is 3. The molecule has 0 saturated heterocycles. The second-order valence-electron chi connectivity index (χ2n) is 5.94. The average molecular weight is 407 g/mol. The summed E-state index contributed by atoms with van der Waals surface area (Å²) in [5.74, 6) is 3.75. The van der Waals surface area contributed by atoms with Crippen LogP contribution < -0.4 is 11.2 Å². The van der Waals surface area contributed by atoms with Gasteiger partial charge in [-0.15, -0.1) is 10.2 Å². The summed E-state index contributed by atoms with van der Waals surface area (Å²) in [6.07, 6.45) is -4.74. The number of nitrogens with two attached hydrogens (primary N) is 1. The molecule has 1 aromatic heterocycles. The predicted molar refractivity (Wildman–Crippen MR) is 100 cm³/mol. The second kappa shape index (κ2) is 7.93. The van der Waals surface area contributed by atoms with Crippen molar-refractivity contribution in [3.63, 3.8) is 0 Å². The minimum atomic E-state index is -4.74. The predicted octanol–water partition coefficient (Wildman–Crippen LogP) is 3.79. The maximum atomic E-state index is 12.9. The fourth-order valence-corrected chi connectivity index (χ4v) is 3.36. The third kappa shape index (κ3) is 4.45. The van der Waals surface area contributed by atoms with Crippen LogP contribution in [0.1, 0.15) is 22.2 Å². The monoisotopic (exact) mass is 407 g/mol. The van der Waals surface area contributed by atoms with Crippen molar-refractivity contribution in [2.24, 2.45) is 0 Å².